The Hall–Kier alpha value is -3.19. The van der Waals surface area contributed by atoms with E-state index in [9.17, 15) is 15.0 Å². The molecule has 1 aliphatic rings. The third kappa shape index (κ3) is 6.48. The van der Waals surface area contributed by atoms with Crippen molar-refractivity contribution < 1.29 is 24.5 Å². The van der Waals surface area contributed by atoms with Crippen molar-refractivity contribution in [3.63, 3.8) is 0 Å². The molecule has 4 atom stereocenters. The number of benzene rings is 3. The van der Waals surface area contributed by atoms with Crippen LogP contribution >= 0.6 is 0 Å². The lowest BCUT2D eigenvalue weighted by Crippen LogP contribution is -2.39. The van der Waals surface area contributed by atoms with Crippen molar-refractivity contribution in [1.29, 1.82) is 0 Å². The quantitative estimate of drug-likeness (QED) is 0.369. The number of hydrogen-bond donors (Lipinski definition) is 3. The molecule has 0 bridgehead atoms. The zero-order valence-corrected chi connectivity index (χ0v) is 20.0. The van der Waals surface area contributed by atoms with Crippen molar-refractivity contribution in [2.24, 2.45) is 5.92 Å². The van der Waals surface area contributed by atoms with E-state index < -0.39 is 24.2 Å². The molecule has 0 spiro atoms. The van der Waals surface area contributed by atoms with Crippen LogP contribution in [-0.2, 0) is 28.8 Å². The van der Waals surface area contributed by atoms with E-state index in [0.29, 0.717) is 25.0 Å². The normalized spacial score (nSPS) is 18.5. The molecule has 35 heavy (non-hydrogen) atoms. The van der Waals surface area contributed by atoms with Crippen LogP contribution in [0.25, 0.3) is 0 Å². The molecule has 0 heterocycles. The van der Waals surface area contributed by atoms with Gasteiger partial charge in [-0.3, -0.25) is 4.79 Å². The molecule has 0 aromatic heterocycles. The molecule has 6 nitrogen and oxygen atoms in total. The average molecular weight is 476 g/mol. The maximum atomic E-state index is 13.5. The van der Waals surface area contributed by atoms with Gasteiger partial charge in [0, 0.05) is 25.9 Å². The summed E-state index contributed by atoms with van der Waals surface area (Å²) in [4.78, 5) is 13.5. The summed E-state index contributed by atoms with van der Waals surface area (Å²) in [6, 6.07) is 24.7. The molecule has 3 aromatic rings. The number of carbonyl (C=O) groups excluding carboxylic acids is 1. The summed E-state index contributed by atoms with van der Waals surface area (Å²) < 4.78 is 10.6. The zero-order valence-electron chi connectivity index (χ0n) is 20.0. The van der Waals surface area contributed by atoms with Crippen molar-refractivity contribution >= 4 is 5.91 Å². The Kier molecular flexibility index (Phi) is 8.53. The highest BCUT2D eigenvalue weighted by Crippen LogP contribution is 2.32. The van der Waals surface area contributed by atoms with Crippen molar-refractivity contribution in [1.82, 2.24) is 5.32 Å². The van der Waals surface area contributed by atoms with Crippen LogP contribution in [0.2, 0.25) is 0 Å². The first-order chi connectivity index (χ1) is 17.0. The zero-order chi connectivity index (χ0) is 24.6. The number of methoxy groups -OCH3 is 1. The fourth-order valence-corrected chi connectivity index (χ4v) is 4.80. The fraction of sp³-hybridized carbons (Fsp3) is 0.345. The van der Waals surface area contributed by atoms with E-state index >= 15 is 0 Å². The summed E-state index contributed by atoms with van der Waals surface area (Å²) in [5.41, 5.74) is 3.89. The predicted molar refractivity (Wildman–Crippen MR) is 134 cm³/mol. The highest BCUT2D eigenvalue weighted by molar-refractivity contribution is 5.80. The van der Waals surface area contributed by atoms with E-state index in [1.807, 2.05) is 78.9 Å². The Labute approximate surface area is 206 Å². The smallest absolute Gasteiger partial charge is 0.224 e. The summed E-state index contributed by atoms with van der Waals surface area (Å²) in [7, 11) is 1.56. The van der Waals surface area contributed by atoms with Crippen LogP contribution in [0.15, 0.2) is 78.9 Å². The molecule has 4 rings (SSSR count). The molecule has 3 N–H and O–H groups in total. The van der Waals surface area contributed by atoms with E-state index in [4.69, 9.17) is 9.47 Å². The van der Waals surface area contributed by atoms with Gasteiger partial charge in [-0.15, -0.1) is 0 Å². The maximum Gasteiger partial charge on any atom is 0.224 e. The van der Waals surface area contributed by atoms with Crippen molar-refractivity contribution in [3.05, 3.63) is 101 Å². The Morgan fingerprint density at radius 3 is 2.51 bits per heavy atom. The van der Waals surface area contributed by atoms with Crippen LogP contribution in [-0.4, -0.2) is 42.2 Å². The minimum absolute atomic E-state index is 0.122. The highest BCUT2D eigenvalue weighted by Gasteiger charge is 2.34. The van der Waals surface area contributed by atoms with Crippen LogP contribution in [0.4, 0.5) is 0 Å². The van der Waals surface area contributed by atoms with Gasteiger partial charge in [-0.05, 0) is 41.2 Å². The Morgan fingerprint density at radius 1 is 1.00 bits per heavy atom. The number of fused-ring (bicyclic) bond motifs is 1. The Balaban J connectivity index is 1.48. The number of hydrogen-bond acceptors (Lipinski definition) is 5. The Morgan fingerprint density at radius 2 is 1.71 bits per heavy atom. The number of aliphatic hydroxyl groups excluding tert-OH is 2. The van der Waals surface area contributed by atoms with Crippen LogP contribution in [0.3, 0.4) is 0 Å². The molecule has 1 amide bonds. The molecule has 0 saturated carbocycles. The number of rotatable bonds is 11. The van der Waals surface area contributed by atoms with Gasteiger partial charge in [-0.1, -0.05) is 72.8 Å². The molecule has 0 radical (unpaired) electrons. The molecular formula is C29H33NO5. The van der Waals surface area contributed by atoms with Crippen molar-refractivity contribution in [3.8, 4) is 5.75 Å². The average Bonchev–Trinajstić information content (AvgIpc) is 3.18. The van der Waals surface area contributed by atoms with Gasteiger partial charge in [0.1, 0.15) is 5.75 Å². The first-order valence-electron chi connectivity index (χ1n) is 12.0. The van der Waals surface area contributed by atoms with Crippen LogP contribution < -0.4 is 10.1 Å². The van der Waals surface area contributed by atoms with E-state index in [2.05, 4.69) is 5.32 Å². The molecule has 6 heteroatoms. The van der Waals surface area contributed by atoms with Crippen molar-refractivity contribution in [2.45, 2.75) is 43.9 Å². The molecule has 0 aliphatic heterocycles. The van der Waals surface area contributed by atoms with Gasteiger partial charge in [0.15, 0.2) is 6.79 Å². The first kappa shape index (κ1) is 24.9. The van der Waals surface area contributed by atoms with Crippen molar-refractivity contribution in [2.75, 3.05) is 13.9 Å². The minimum Gasteiger partial charge on any atom is -0.467 e. The van der Waals surface area contributed by atoms with Gasteiger partial charge in [0.05, 0.1) is 18.2 Å². The van der Waals surface area contributed by atoms with E-state index in [1.165, 1.54) is 0 Å². The highest BCUT2D eigenvalue weighted by atomic mass is 16.7. The number of carbonyl (C=O) groups is 1. The third-order valence-corrected chi connectivity index (χ3v) is 6.51. The predicted octanol–water partition coefficient (Wildman–Crippen LogP) is 3.60. The number of aliphatic hydroxyl groups is 2. The summed E-state index contributed by atoms with van der Waals surface area (Å²) in [5, 5.41) is 24.7. The van der Waals surface area contributed by atoms with Gasteiger partial charge in [-0.2, -0.15) is 0 Å². The van der Waals surface area contributed by atoms with E-state index in [0.717, 1.165) is 22.3 Å². The summed E-state index contributed by atoms with van der Waals surface area (Å²) in [6.07, 6.45) is 0.240. The topological polar surface area (TPSA) is 88.0 Å². The largest absolute Gasteiger partial charge is 0.467 e. The van der Waals surface area contributed by atoms with E-state index in [-0.39, 0.29) is 19.1 Å². The maximum absolute atomic E-state index is 13.5. The van der Waals surface area contributed by atoms with Crippen LogP contribution in [0.1, 0.15) is 34.7 Å². The van der Waals surface area contributed by atoms with Crippen LogP contribution in [0, 0.1) is 5.92 Å². The first-order valence-corrected chi connectivity index (χ1v) is 12.0. The molecule has 3 aromatic carbocycles. The summed E-state index contributed by atoms with van der Waals surface area (Å²) >= 11 is 0. The second-order valence-corrected chi connectivity index (χ2v) is 9.10. The minimum atomic E-state index is -0.748. The standard InChI is InChI=1S/C29H33NO5/c1-34-19-35-27-14-8-6-12-22(27)16-24(31)17-23(15-20-9-3-2-4-10-20)29(33)30-28-25-13-7-5-11-21(25)18-26(28)32/h2-14,23-24,26,28,31-32H,15-19H2,1H3,(H,30,33)/t23-,24+,26+,28?/m0/s1. The molecule has 1 unspecified atom stereocenters. The van der Waals surface area contributed by atoms with Gasteiger partial charge in [0.25, 0.3) is 0 Å². The molecule has 0 saturated heterocycles. The summed E-state index contributed by atoms with van der Waals surface area (Å²) in [6.45, 7) is 0.122. The number of amides is 1. The van der Waals surface area contributed by atoms with Gasteiger partial charge in [0.2, 0.25) is 5.91 Å². The number of para-hydroxylation sites is 1. The molecule has 184 valence electrons. The molecule has 1 aliphatic carbocycles. The van der Waals surface area contributed by atoms with E-state index in [1.54, 1.807) is 7.11 Å². The molecule has 0 fully saturated rings. The lowest BCUT2D eigenvalue weighted by molar-refractivity contribution is -0.127. The van der Waals surface area contributed by atoms with Crippen LogP contribution in [0.5, 0.6) is 5.75 Å². The summed E-state index contributed by atoms with van der Waals surface area (Å²) in [5.74, 6) is 0.0279. The second kappa shape index (κ2) is 12.0. The molecular weight excluding hydrogens is 442 g/mol. The number of nitrogens with one attached hydrogen (secondary N) is 1. The lowest BCUT2D eigenvalue weighted by Gasteiger charge is -2.25. The van der Waals surface area contributed by atoms with Gasteiger partial charge < -0.3 is 25.0 Å². The second-order valence-electron chi connectivity index (χ2n) is 9.10. The lowest BCUT2D eigenvalue weighted by atomic mass is 9.90. The monoisotopic (exact) mass is 475 g/mol. The third-order valence-electron chi connectivity index (χ3n) is 6.51. The SMILES string of the molecule is COCOc1ccccc1C[C@@H](O)C[C@H](Cc1ccccc1)C(=O)NC1c2ccccc2C[C@H]1O. The Bertz CT molecular complexity index is 1100. The number of ether oxygens (including phenoxy) is 2. The fourth-order valence-electron chi connectivity index (χ4n) is 4.80. The van der Waals surface area contributed by atoms with Gasteiger partial charge >= 0.3 is 0 Å². The van der Waals surface area contributed by atoms with Gasteiger partial charge in [-0.25, -0.2) is 0 Å².